The van der Waals surface area contributed by atoms with Crippen LogP contribution in [0.2, 0.25) is 5.02 Å². The SMILES string of the molecule is CCCCOc1ccc2c(c1)CCN(c1ccc(N3CCC4(CCN(C)C4)C3)c(Cl)c1)C2=O. The van der Waals surface area contributed by atoms with E-state index in [1.807, 2.05) is 29.2 Å². The maximum absolute atomic E-state index is 13.3. The number of hydrogen-bond acceptors (Lipinski definition) is 4. The van der Waals surface area contributed by atoms with Gasteiger partial charge in [-0.15, -0.1) is 0 Å². The van der Waals surface area contributed by atoms with Crippen LogP contribution in [-0.4, -0.2) is 57.2 Å². The summed E-state index contributed by atoms with van der Waals surface area (Å²) in [6.45, 7) is 7.99. The number of unbranched alkanes of at least 4 members (excludes halogenated alkanes) is 1. The normalized spacial score (nSPS) is 22.9. The molecule has 2 aromatic rings. The molecule has 0 aliphatic carbocycles. The van der Waals surface area contributed by atoms with Crippen molar-refractivity contribution in [2.45, 2.75) is 39.0 Å². The first-order valence-corrected chi connectivity index (χ1v) is 12.7. The van der Waals surface area contributed by atoms with Gasteiger partial charge >= 0.3 is 0 Å². The summed E-state index contributed by atoms with van der Waals surface area (Å²) in [5.41, 5.74) is 4.19. The molecule has 1 spiro atoms. The summed E-state index contributed by atoms with van der Waals surface area (Å²) in [5, 5.41) is 0.731. The number of carbonyl (C=O) groups excluding carboxylic acids is 1. The fourth-order valence-corrected chi connectivity index (χ4v) is 5.98. The molecular formula is C27H34ClN3O2. The molecule has 1 unspecified atom stereocenters. The molecule has 33 heavy (non-hydrogen) atoms. The van der Waals surface area contributed by atoms with Crippen molar-refractivity contribution in [3.8, 4) is 5.75 Å². The standard InChI is InChI=1S/C27H34ClN3O2/c1-3-4-15-33-22-6-7-23-20(16-22)9-12-31(26(23)32)21-5-8-25(24(28)17-21)30-14-11-27(19-30)10-13-29(2)18-27/h5-8,16-17H,3-4,9-15,18-19H2,1-2H3. The smallest absolute Gasteiger partial charge is 0.258 e. The number of likely N-dealkylation sites (tertiary alicyclic amines) is 1. The molecule has 2 fully saturated rings. The molecule has 6 heteroatoms. The van der Waals surface area contributed by atoms with Crippen LogP contribution in [0.4, 0.5) is 11.4 Å². The van der Waals surface area contributed by atoms with Gasteiger partial charge in [0.15, 0.2) is 0 Å². The molecule has 0 bridgehead atoms. The van der Waals surface area contributed by atoms with Crippen molar-refractivity contribution in [1.29, 1.82) is 0 Å². The molecule has 2 aromatic carbocycles. The van der Waals surface area contributed by atoms with Gasteiger partial charge < -0.3 is 19.4 Å². The fourth-order valence-electron chi connectivity index (χ4n) is 5.69. The minimum absolute atomic E-state index is 0.0364. The summed E-state index contributed by atoms with van der Waals surface area (Å²) in [6, 6.07) is 12.0. The lowest BCUT2D eigenvalue weighted by Gasteiger charge is -2.30. The van der Waals surface area contributed by atoms with Gasteiger partial charge in [-0.2, -0.15) is 0 Å². The summed E-state index contributed by atoms with van der Waals surface area (Å²) >= 11 is 6.78. The van der Waals surface area contributed by atoms with E-state index in [0.29, 0.717) is 12.0 Å². The highest BCUT2D eigenvalue weighted by molar-refractivity contribution is 6.33. The summed E-state index contributed by atoms with van der Waals surface area (Å²) in [4.78, 5) is 20.0. The van der Waals surface area contributed by atoms with Crippen LogP contribution in [-0.2, 0) is 6.42 Å². The van der Waals surface area contributed by atoms with E-state index in [1.54, 1.807) is 0 Å². The van der Waals surface area contributed by atoms with E-state index < -0.39 is 0 Å². The van der Waals surface area contributed by atoms with Gasteiger partial charge in [0.1, 0.15) is 5.75 Å². The van der Waals surface area contributed by atoms with Gasteiger partial charge in [-0.1, -0.05) is 24.9 Å². The Balaban J connectivity index is 1.30. The third-order valence-electron chi connectivity index (χ3n) is 7.57. The predicted octanol–water partition coefficient (Wildman–Crippen LogP) is 5.25. The lowest BCUT2D eigenvalue weighted by Crippen LogP contribution is -2.37. The predicted molar refractivity (Wildman–Crippen MR) is 135 cm³/mol. The average molecular weight is 468 g/mol. The van der Waals surface area contributed by atoms with Crippen molar-refractivity contribution < 1.29 is 9.53 Å². The third-order valence-corrected chi connectivity index (χ3v) is 7.88. The van der Waals surface area contributed by atoms with Crippen LogP contribution in [0.1, 0.15) is 48.5 Å². The van der Waals surface area contributed by atoms with Crippen molar-refractivity contribution in [1.82, 2.24) is 4.90 Å². The Morgan fingerprint density at radius 1 is 1.06 bits per heavy atom. The van der Waals surface area contributed by atoms with Crippen molar-refractivity contribution in [3.63, 3.8) is 0 Å². The Kier molecular flexibility index (Phi) is 6.28. The Labute approximate surface area is 202 Å². The van der Waals surface area contributed by atoms with Crippen molar-refractivity contribution >= 4 is 28.9 Å². The zero-order valence-electron chi connectivity index (χ0n) is 19.8. The molecule has 176 valence electrons. The minimum atomic E-state index is 0.0364. The molecule has 0 N–H and O–H groups in total. The lowest BCUT2D eigenvalue weighted by molar-refractivity contribution is 0.0980. The van der Waals surface area contributed by atoms with Crippen molar-refractivity contribution in [3.05, 3.63) is 52.5 Å². The van der Waals surface area contributed by atoms with Crippen LogP contribution in [0.5, 0.6) is 5.75 Å². The van der Waals surface area contributed by atoms with E-state index in [2.05, 4.69) is 35.9 Å². The number of fused-ring (bicyclic) bond motifs is 1. The minimum Gasteiger partial charge on any atom is -0.494 e. The quantitative estimate of drug-likeness (QED) is 0.543. The van der Waals surface area contributed by atoms with Crippen LogP contribution < -0.4 is 14.5 Å². The highest BCUT2D eigenvalue weighted by Crippen LogP contribution is 2.43. The van der Waals surface area contributed by atoms with E-state index in [4.69, 9.17) is 16.3 Å². The maximum atomic E-state index is 13.3. The number of anilines is 2. The monoisotopic (exact) mass is 467 g/mol. The first-order valence-electron chi connectivity index (χ1n) is 12.3. The number of halogens is 1. The number of ether oxygens (including phenoxy) is 1. The maximum Gasteiger partial charge on any atom is 0.258 e. The number of amides is 1. The van der Waals surface area contributed by atoms with Gasteiger partial charge in [0.25, 0.3) is 5.91 Å². The second kappa shape index (κ2) is 9.19. The summed E-state index contributed by atoms with van der Waals surface area (Å²) in [6.07, 6.45) is 5.45. The van der Waals surface area contributed by atoms with Crippen LogP contribution in [0.25, 0.3) is 0 Å². The molecule has 0 saturated carbocycles. The molecule has 5 nitrogen and oxygen atoms in total. The Morgan fingerprint density at radius 2 is 1.91 bits per heavy atom. The number of benzene rings is 2. The number of rotatable bonds is 6. The lowest BCUT2D eigenvalue weighted by atomic mass is 9.86. The molecule has 3 aliphatic rings. The Morgan fingerprint density at radius 3 is 2.67 bits per heavy atom. The van der Waals surface area contributed by atoms with Gasteiger partial charge in [0, 0.05) is 42.8 Å². The summed E-state index contributed by atoms with van der Waals surface area (Å²) in [7, 11) is 2.22. The highest BCUT2D eigenvalue weighted by atomic mass is 35.5. The zero-order valence-corrected chi connectivity index (χ0v) is 20.5. The average Bonchev–Trinajstić information content (AvgIpc) is 3.39. The molecule has 0 radical (unpaired) electrons. The van der Waals surface area contributed by atoms with Gasteiger partial charge in [0.05, 0.1) is 17.3 Å². The van der Waals surface area contributed by atoms with Crippen LogP contribution >= 0.6 is 11.6 Å². The van der Waals surface area contributed by atoms with Crippen LogP contribution in [0, 0.1) is 5.41 Å². The second-order valence-electron chi connectivity index (χ2n) is 10.0. The van der Waals surface area contributed by atoms with E-state index in [9.17, 15) is 4.79 Å². The van der Waals surface area contributed by atoms with Crippen molar-refractivity contribution in [2.24, 2.45) is 5.41 Å². The molecular weight excluding hydrogens is 434 g/mol. The van der Waals surface area contributed by atoms with E-state index in [1.165, 1.54) is 25.9 Å². The van der Waals surface area contributed by atoms with Gasteiger partial charge in [0.2, 0.25) is 0 Å². The first-order chi connectivity index (χ1) is 16.0. The molecule has 5 rings (SSSR count). The van der Waals surface area contributed by atoms with E-state index >= 15 is 0 Å². The molecule has 2 saturated heterocycles. The summed E-state index contributed by atoms with van der Waals surface area (Å²) in [5.74, 6) is 0.891. The number of nitrogens with zero attached hydrogens (tertiary/aromatic N) is 3. The zero-order chi connectivity index (χ0) is 23.0. The largest absolute Gasteiger partial charge is 0.494 e. The van der Waals surface area contributed by atoms with Gasteiger partial charge in [-0.05, 0) is 81.2 Å². The molecule has 1 amide bonds. The first kappa shape index (κ1) is 22.5. The molecule has 3 heterocycles. The third kappa shape index (κ3) is 4.45. The summed E-state index contributed by atoms with van der Waals surface area (Å²) < 4.78 is 5.83. The number of carbonyl (C=O) groups is 1. The Hall–Kier alpha value is -2.24. The second-order valence-corrected chi connectivity index (χ2v) is 10.4. The van der Waals surface area contributed by atoms with Crippen LogP contribution in [0.15, 0.2) is 36.4 Å². The highest BCUT2D eigenvalue weighted by Gasteiger charge is 2.42. The van der Waals surface area contributed by atoms with E-state index in [-0.39, 0.29) is 5.91 Å². The van der Waals surface area contributed by atoms with Gasteiger partial charge in [-0.25, -0.2) is 0 Å². The van der Waals surface area contributed by atoms with Crippen LogP contribution in [0.3, 0.4) is 0 Å². The molecule has 1 atom stereocenters. The topological polar surface area (TPSA) is 36.0 Å². The number of hydrogen-bond donors (Lipinski definition) is 0. The molecule has 0 aromatic heterocycles. The van der Waals surface area contributed by atoms with E-state index in [0.717, 1.165) is 72.2 Å². The Bertz CT molecular complexity index is 1040. The van der Waals surface area contributed by atoms with Gasteiger partial charge in [-0.3, -0.25) is 4.79 Å². The van der Waals surface area contributed by atoms with Crippen molar-refractivity contribution in [2.75, 3.05) is 56.2 Å². The molecule has 3 aliphatic heterocycles. The fraction of sp³-hybridized carbons (Fsp3) is 0.519.